The smallest absolute Gasteiger partial charge is 0.404 e. The normalized spacial score (nSPS) is 22.0. The molecule has 1 aromatic rings. The quantitative estimate of drug-likeness (QED) is 0.522. The van der Waals surface area contributed by atoms with Gasteiger partial charge in [-0.3, -0.25) is 29.4 Å². The van der Waals surface area contributed by atoms with E-state index in [4.69, 9.17) is 10.5 Å². The Hall–Kier alpha value is -3.47. The molecule has 1 aromatic carbocycles. The SMILES string of the molecule is NC(=O)OC1CCN(CCNc2cccc3c2C(=O)N(C2CCC(=O)NC2=O)C3=O)CC1. The fourth-order valence-corrected chi connectivity index (χ4v) is 4.43. The van der Waals surface area contributed by atoms with Crippen LogP contribution in [0.5, 0.6) is 0 Å². The van der Waals surface area contributed by atoms with Crippen LogP contribution in [0.25, 0.3) is 0 Å². The van der Waals surface area contributed by atoms with Crippen molar-refractivity contribution in [2.24, 2.45) is 5.73 Å². The maximum atomic E-state index is 13.1. The minimum Gasteiger partial charge on any atom is -0.446 e. The van der Waals surface area contributed by atoms with Crippen LogP contribution in [0.4, 0.5) is 10.5 Å². The van der Waals surface area contributed by atoms with Crippen molar-refractivity contribution in [2.45, 2.75) is 37.8 Å². The van der Waals surface area contributed by atoms with Crippen molar-refractivity contribution >= 4 is 35.4 Å². The van der Waals surface area contributed by atoms with Crippen LogP contribution < -0.4 is 16.4 Å². The number of likely N-dealkylation sites (tertiary alicyclic amines) is 1. The molecule has 0 aliphatic carbocycles. The van der Waals surface area contributed by atoms with Gasteiger partial charge in [-0.25, -0.2) is 4.79 Å². The molecular formula is C21H25N5O6. The molecule has 3 aliphatic rings. The Morgan fingerprint density at radius 3 is 2.56 bits per heavy atom. The van der Waals surface area contributed by atoms with Crippen LogP contribution >= 0.6 is 0 Å². The number of primary amides is 1. The Bertz CT molecular complexity index is 971. The Labute approximate surface area is 184 Å². The van der Waals surface area contributed by atoms with Crippen molar-refractivity contribution in [1.82, 2.24) is 15.1 Å². The molecule has 1 unspecified atom stereocenters. The summed E-state index contributed by atoms with van der Waals surface area (Å²) in [5.74, 6) is -2.10. The van der Waals surface area contributed by atoms with E-state index >= 15 is 0 Å². The van der Waals surface area contributed by atoms with E-state index in [1.165, 1.54) is 0 Å². The number of imide groups is 2. The Kier molecular flexibility index (Phi) is 6.08. The topological polar surface area (TPSA) is 151 Å². The average Bonchev–Trinajstić information content (AvgIpc) is 3.00. The van der Waals surface area contributed by atoms with E-state index in [0.29, 0.717) is 31.6 Å². The first-order chi connectivity index (χ1) is 15.3. The van der Waals surface area contributed by atoms with Crippen molar-refractivity contribution < 1.29 is 28.7 Å². The molecule has 0 saturated carbocycles. The van der Waals surface area contributed by atoms with E-state index in [9.17, 15) is 24.0 Å². The first-order valence-electron chi connectivity index (χ1n) is 10.6. The van der Waals surface area contributed by atoms with E-state index in [2.05, 4.69) is 15.5 Å². The third kappa shape index (κ3) is 4.28. The summed E-state index contributed by atoms with van der Waals surface area (Å²) >= 11 is 0. The van der Waals surface area contributed by atoms with Gasteiger partial charge < -0.3 is 20.7 Å². The van der Waals surface area contributed by atoms with Crippen LogP contribution in [0, 0.1) is 0 Å². The first kappa shape index (κ1) is 21.8. The van der Waals surface area contributed by atoms with Crippen molar-refractivity contribution in [3.63, 3.8) is 0 Å². The van der Waals surface area contributed by atoms with Crippen molar-refractivity contribution in [3.8, 4) is 0 Å². The van der Waals surface area contributed by atoms with Gasteiger partial charge in [0.2, 0.25) is 11.8 Å². The van der Waals surface area contributed by atoms with Crippen LogP contribution in [0.1, 0.15) is 46.4 Å². The van der Waals surface area contributed by atoms with Gasteiger partial charge in [0.15, 0.2) is 0 Å². The highest BCUT2D eigenvalue weighted by Gasteiger charge is 2.45. The van der Waals surface area contributed by atoms with Crippen LogP contribution in [0.15, 0.2) is 18.2 Å². The maximum Gasteiger partial charge on any atom is 0.404 e. The third-order valence-electron chi connectivity index (χ3n) is 6.03. The summed E-state index contributed by atoms with van der Waals surface area (Å²) < 4.78 is 5.03. The van der Waals surface area contributed by atoms with Crippen LogP contribution in [0.2, 0.25) is 0 Å². The molecule has 1 atom stereocenters. The molecule has 0 spiro atoms. The van der Waals surface area contributed by atoms with Gasteiger partial charge in [-0.15, -0.1) is 0 Å². The van der Waals surface area contributed by atoms with Gasteiger partial charge in [0, 0.05) is 38.3 Å². The van der Waals surface area contributed by atoms with Crippen molar-refractivity contribution in [3.05, 3.63) is 29.3 Å². The second kappa shape index (κ2) is 8.95. The molecule has 0 radical (unpaired) electrons. The lowest BCUT2D eigenvalue weighted by molar-refractivity contribution is -0.136. The number of anilines is 1. The highest BCUT2D eigenvalue weighted by atomic mass is 16.6. The fourth-order valence-electron chi connectivity index (χ4n) is 4.43. The summed E-state index contributed by atoms with van der Waals surface area (Å²) in [6, 6.07) is 3.99. The second-order valence-electron chi connectivity index (χ2n) is 8.08. The lowest BCUT2D eigenvalue weighted by Crippen LogP contribution is -2.54. The molecule has 32 heavy (non-hydrogen) atoms. The molecule has 170 valence electrons. The Balaban J connectivity index is 1.38. The molecule has 3 aliphatic heterocycles. The highest BCUT2D eigenvalue weighted by Crippen LogP contribution is 2.32. The lowest BCUT2D eigenvalue weighted by Gasteiger charge is -2.31. The largest absolute Gasteiger partial charge is 0.446 e. The molecule has 3 heterocycles. The summed E-state index contributed by atoms with van der Waals surface area (Å²) in [4.78, 5) is 63.6. The standard InChI is InChI=1S/C21H25N5O6/c22-21(31)32-12-6-9-25(10-7-12)11-8-23-14-3-1-2-13-17(14)20(30)26(19(13)29)15-4-5-16(27)24-18(15)28/h1-3,12,15,23H,4-11H2,(H2,22,31)(H,24,27,28). The number of nitrogens with zero attached hydrogens (tertiary/aromatic N) is 2. The number of hydrogen-bond donors (Lipinski definition) is 3. The number of hydrogen-bond acceptors (Lipinski definition) is 8. The van der Waals surface area contributed by atoms with Gasteiger partial charge in [-0.2, -0.15) is 0 Å². The van der Waals surface area contributed by atoms with Gasteiger partial charge >= 0.3 is 6.09 Å². The van der Waals surface area contributed by atoms with E-state index in [1.54, 1.807) is 18.2 Å². The van der Waals surface area contributed by atoms with Gasteiger partial charge in [-0.05, 0) is 31.4 Å². The van der Waals surface area contributed by atoms with Crippen LogP contribution in [-0.4, -0.2) is 77.8 Å². The number of carbonyl (C=O) groups is 5. The second-order valence-corrected chi connectivity index (χ2v) is 8.08. The minimum atomic E-state index is -0.989. The maximum absolute atomic E-state index is 13.1. The van der Waals surface area contributed by atoms with Crippen molar-refractivity contribution in [2.75, 3.05) is 31.5 Å². The molecule has 0 aromatic heterocycles. The molecular weight excluding hydrogens is 418 g/mol. The van der Waals surface area contributed by atoms with E-state index in [0.717, 1.165) is 18.0 Å². The highest BCUT2D eigenvalue weighted by molar-refractivity contribution is 6.25. The third-order valence-corrected chi connectivity index (χ3v) is 6.03. The Morgan fingerprint density at radius 1 is 1.12 bits per heavy atom. The molecule has 11 nitrogen and oxygen atoms in total. The van der Waals surface area contributed by atoms with E-state index in [-0.39, 0.29) is 30.1 Å². The van der Waals surface area contributed by atoms with E-state index in [1.807, 2.05) is 0 Å². The zero-order valence-corrected chi connectivity index (χ0v) is 17.5. The number of nitrogens with one attached hydrogen (secondary N) is 2. The summed E-state index contributed by atoms with van der Waals surface area (Å²) in [7, 11) is 0. The first-order valence-corrected chi connectivity index (χ1v) is 10.6. The van der Waals surface area contributed by atoms with Gasteiger partial charge in [0.25, 0.3) is 11.8 Å². The minimum absolute atomic E-state index is 0.0795. The summed E-state index contributed by atoms with van der Waals surface area (Å²) in [5.41, 5.74) is 6.08. The number of fused-ring (bicyclic) bond motifs is 1. The number of amides is 5. The molecule has 5 amide bonds. The number of nitrogens with two attached hydrogens (primary N) is 1. The van der Waals surface area contributed by atoms with Gasteiger partial charge in [-0.1, -0.05) is 6.07 Å². The lowest BCUT2D eigenvalue weighted by atomic mass is 10.0. The molecule has 2 saturated heterocycles. The number of piperidine rings is 2. The van der Waals surface area contributed by atoms with Crippen molar-refractivity contribution in [1.29, 1.82) is 0 Å². The fraction of sp³-hybridized carbons (Fsp3) is 0.476. The van der Waals surface area contributed by atoms with E-state index < -0.39 is 35.8 Å². The van der Waals surface area contributed by atoms with Gasteiger partial charge in [0.1, 0.15) is 12.1 Å². The molecule has 11 heteroatoms. The number of benzene rings is 1. The summed E-state index contributed by atoms with van der Waals surface area (Å²) in [6.07, 6.45) is 0.698. The zero-order valence-electron chi connectivity index (χ0n) is 17.5. The van der Waals surface area contributed by atoms with Crippen LogP contribution in [-0.2, 0) is 14.3 Å². The average molecular weight is 443 g/mol. The number of rotatable bonds is 6. The molecule has 2 fully saturated rings. The summed E-state index contributed by atoms with van der Waals surface area (Å²) in [6.45, 7) is 2.75. The number of carbonyl (C=O) groups excluding carboxylic acids is 5. The predicted molar refractivity (Wildman–Crippen MR) is 112 cm³/mol. The summed E-state index contributed by atoms with van der Waals surface area (Å²) in [5, 5.41) is 5.42. The monoisotopic (exact) mass is 443 g/mol. The number of ether oxygens (including phenoxy) is 1. The molecule has 4 rings (SSSR count). The Morgan fingerprint density at radius 2 is 1.88 bits per heavy atom. The zero-order chi connectivity index (χ0) is 22.8. The van der Waals surface area contributed by atoms with Crippen LogP contribution in [0.3, 0.4) is 0 Å². The molecule has 4 N–H and O–H groups in total. The van der Waals surface area contributed by atoms with Gasteiger partial charge in [0.05, 0.1) is 11.1 Å². The predicted octanol–water partition coefficient (Wildman–Crippen LogP) is 0.0594. The molecule has 0 bridgehead atoms.